The maximum absolute atomic E-state index is 13.7. The zero-order valence-electron chi connectivity index (χ0n) is 15.6. The topological polar surface area (TPSA) is 48.7 Å². The molecule has 3 rings (SSSR count). The quantitative estimate of drug-likeness (QED) is 0.558. The zero-order chi connectivity index (χ0) is 19.1. The van der Waals surface area contributed by atoms with Crippen LogP contribution in [0.1, 0.15) is 12.5 Å². The van der Waals surface area contributed by atoms with Crippen LogP contribution in [0, 0.1) is 5.82 Å². The Bertz CT molecular complexity index is 741. The van der Waals surface area contributed by atoms with Crippen molar-refractivity contribution in [3.8, 4) is 0 Å². The van der Waals surface area contributed by atoms with Gasteiger partial charge in [0.2, 0.25) is 0 Å². The number of guanidine groups is 1. The molecule has 0 atom stereocenters. The van der Waals surface area contributed by atoms with Crippen LogP contribution in [-0.2, 0) is 13.1 Å². The van der Waals surface area contributed by atoms with Crippen molar-refractivity contribution in [3.05, 3.63) is 52.8 Å². The molecule has 0 unspecified atom stereocenters. The van der Waals surface area contributed by atoms with Gasteiger partial charge in [0.25, 0.3) is 0 Å². The first kappa shape index (κ1) is 19.8. The van der Waals surface area contributed by atoms with E-state index in [0.29, 0.717) is 4.47 Å². The van der Waals surface area contributed by atoms with Gasteiger partial charge >= 0.3 is 0 Å². The Hall–Kier alpha value is -1.93. The molecule has 1 fully saturated rings. The average Bonchev–Trinajstić information content (AvgIpc) is 3.18. The lowest BCUT2D eigenvalue weighted by Gasteiger charge is -2.36. The fourth-order valence-corrected chi connectivity index (χ4v) is 3.38. The van der Waals surface area contributed by atoms with E-state index in [1.54, 1.807) is 18.3 Å². The van der Waals surface area contributed by atoms with Crippen molar-refractivity contribution >= 4 is 21.9 Å². The predicted octanol–water partition coefficient (Wildman–Crippen LogP) is 2.57. The summed E-state index contributed by atoms with van der Waals surface area (Å²) in [5.74, 6) is 0.762. The minimum Gasteiger partial charge on any atom is -0.357 e. The summed E-state index contributed by atoms with van der Waals surface area (Å²) in [5.41, 5.74) is 1.00. The van der Waals surface area contributed by atoms with Gasteiger partial charge in [-0.3, -0.25) is 9.89 Å². The monoisotopic (exact) mass is 436 g/mol. The molecule has 2 aromatic rings. The second-order valence-corrected chi connectivity index (χ2v) is 7.40. The highest BCUT2D eigenvalue weighted by Crippen LogP contribution is 2.18. The Morgan fingerprint density at radius 1 is 1.30 bits per heavy atom. The molecule has 8 heteroatoms. The summed E-state index contributed by atoms with van der Waals surface area (Å²) in [4.78, 5) is 13.5. The number of aliphatic imine (C=N–C) groups is 1. The van der Waals surface area contributed by atoms with E-state index in [9.17, 15) is 4.39 Å². The number of piperazine rings is 1. The Balaban J connectivity index is 1.51. The molecule has 1 aromatic carbocycles. The minimum atomic E-state index is -0.203. The smallest absolute Gasteiger partial charge is 0.194 e. The first-order valence-electron chi connectivity index (χ1n) is 9.31. The number of rotatable bonds is 6. The van der Waals surface area contributed by atoms with Crippen molar-refractivity contribution in [1.29, 1.82) is 0 Å². The molecule has 0 radical (unpaired) electrons. The van der Waals surface area contributed by atoms with Gasteiger partial charge < -0.3 is 14.8 Å². The molecule has 1 saturated heterocycles. The van der Waals surface area contributed by atoms with E-state index in [1.807, 2.05) is 23.2 Å². The molecule has 0 amide bonds. The highest BCUT2D eigenvalue weighted by molar-refractivity contribution is 9.10. The van der Waals surface area contributed by atoms with E-state index in [0.717, 1.165) is 63.9 Å². The lowest BCUT2D eigenvalue weighted by atomic mass is 10.2. The molecular weight excluding hydrogens is 411 g/mol. The van der Waals surface area contributed by atoms with Crippen LogP contribution in [0.5, 0.6) is 0 Å². The summed E-state index contributed by atoms with van der Waals surface area (Å²) >= 11 is 3.21. The van der Waals surface area contributed by atoms with Crippen molar-refractivity contribution in [3.63, 3.8) is 0 Å². The summed E-state index contributed by atoms with van der Waals surface area (Å²) in [7, 11) is 0. The molecule has 0 spiro atoms. The van der Waals surface area contributed by atoms with Gasteiger partial charge in [0, 0.05) is 58.2 Å². The molecular formula is C19H26BrFN6. The highest BCUT2D eigenvalue weighted by atomic mass is 79.9. The van der Waals surface area contributed by atoms with Crippen LogP contribution in [0.3, 0.4) is 0 Å². The maximum Gasteiger partial charge on any atom is 0.194 e. The molecule has 0 aliphatic carbocycles. The normalized spacial score (nSPS) is 16.0. The SMILES string of the molecule is CCNC(=NCCn1ccnc1)N1CCN(Cc2ccc(Br)c(F)c2)CC1. The molecule has 0 bridgehead atoms. The van der Waals surface area contributed by atoms with Crippen LogP contribution >= 0.6 is 15.9 Å². The molecule has 146 valence electrons. The van der Waals surface area contributed by atoms with Crippen LogP contribution in [0.15, 0.2) is 46.4 Å². The van der Waals surface area contributed by atoms with E-state index in [2.05, 4.69) is 43.0 Å². The third kappa shape index (κ3) is 5.77. The van der Waals surface area contributed by atoms with Crippen molar-refractivity contribution in [2.75, 3.05) is 39.3 Å². The molecule has 1 aromatic heterocycles. The first-order chi connectivity index (χ1) is 13.2. The van der Waals surface area contributed by atoms with Gasteiger partial charge in [-0.05, 0) is 40.5 Å². The molecule has 27 heavy (non-hydrogen) atoms. The number of halogens is 2. The van der Waals surface area contributed by atoms with Crippen LogP contribution in [-0.4, -0.2) is 64.6 Å². The van der Waals surface area contributed by atoms with Crippen LogP contribution < -0.4 is 5.32 Å². The number of nitrogens with zero attached hydrogens (tertiary/aromatic N) is 5. The Kier molecular flexibility index (Phi) is 7.23. The standard InChI is InChI=1S/C19H26BrFN6/c1-2-23-19(24-6-8-26-7-5-22-15-26)27-11-9-25(10-12-27)14-16-3-4-17(20)18(21)13-16/h3-5,7,13,15H,2,6,8-12,14H2,1H3,(H,23,24). The Morgan fingerprint density at radius 2 is 2.11 bits per heavy atom. The van der Waals surface area contributed by atoms with Gasteiger partial charge in [0.05, 0.1) is 17.3 Å². The van der Waals surface area contributed by atoms with Crippen LogP contribution in [0.4, 0.5) is 4.39 Å². The van der Waals surface area contributed by atoms with Gasteiger partial charge in [0.1, 0.15) is 5.82 Å². The largest absolute Gasteiger partial charge is 0.357 e. The van der Waals surface area contributed by atoms with Gasteiger partial charge in [-0.1, -0.05) is 6.07 Å². The summed E-state index contributed by atoms with van der Waals surface area (Å²) in [6.45, 7) is 8.94. The molecule has 0 saturated carbocycles. The average molecular weight is 437 g/mol. The summed E-state index contributed by atoms with van der Waals surface area (Å²) in [5, 5.41) is 3.39. The number of aromatic nitrogens is 2. The van der Waals surface area contributed by atoms with Crippen molar-refractivity contribution in [2.24, 2.45) is 4.99 Å². The van der Waals surface area contributed by atoms with Gasteiger partial charge in [0.15, 0.2) is 5.96 Å². The second-order valence-electron chi connectivity index (χ2n) is 6.55. The minimum absolute atomic E-state index is 0.203. The van der Waals surface area contributed by atoms with E-state index in [4.69, 9.17) is 4.99 Å². The predicted molar refractivity (Wildman–Crippen MR) is 109 cm³/mol. The van der Waals surface area contributed by atoms with Crippen molar-refractivity contribution in [2.45, 2.75) is 20.0 Å². The maximum atomic E-state index is 13.7. The van der Waals surface area contributed by atoms with Crippen molar-refractivity contribution < 1.29 is 4.39 Å². The number of nitrogens with one attached hydrogen (secondary N) is 1. The van der Waals surface area contributed by atoms with E-state index < -0.39 is 0 Å². The third-order valence-corrected chi connectivity index (χ3v) is 5.22. The lowest BCUT2D eigenvalue weighted by molar-refractivity contribution is 0.172. The molecule has 1 aliphatic heterocycles. The van der Waals surface area contributed by atoms with Crippen LogP contribution in [0.2, 0.25) is 0 Å². The Morgan fingerprint density at radius 3 is 2.78 bits per heavy atom. The highest BCUT2D eigenvalue weighted by Gasteiger charge is 2.19. The van der Waals surface area contributed by atoms with Gasteiger partial charge in [-0.25, -0.2) is 9.37 Å². The molecule has 1 aliphatic rings. The third-order valence-electron chi connectivity index (χ3n) is 4.58. The summed E-state index contributed by atoms with van der Waals surface area (Å²) in [6, 6.07) is 5.36. The zero-order valence-corrected chi connectivity index (χ0v) is 17.2. The number of imidazole rings is 1. The first-order valence-corrected chi connectivity index (χ1v) is 10.1. The van der Waals surface area contributed by atoms with Gasteiger partial charge in [-0.15, -0.1) is 0 Å². The van der Waals surface area contributed by atoms with E-state index >= 15 is 0 Å². The summed E-state index contributed by atoms with van der Waals surface area (Å²) in [6.07, 6.45) is 5.55. The van der Waals surface area contributed by atoms with Crippen molar-refractivity contribution in [1.82, 2.24) is 24.7 Å². The lowest BCUT2D eigenvalue weighted by Crippen LogP contribution is -2.52. The summed E-state index contributed by atoms with van der Waals surface area (Å²) < 4.78 is 16.2. The van der Waals surface area contributed by atoms with E-state index in [1.165, 1.54) is 0 Å². The van der Waals surface area contributed by atoms with Gasteiger partial charge in [-0.2, -0.15) is 0 Å². The van der Waals surface area contributed by atoms with Crippen LogP contribution in [0.25, 0.3) is 0 Å². The molecule has 2 heterocycles. The second kappa shape index (κ2) is 9.85. The molecule has 1 N–H and O–H groups in total. The fourth-order valence-electron chi connectivity index (χ4n) is 3.13. The number of benzene rings is 1. The molecule has 6 nitrogen and oxygen atoms in total. The fraction of sp³-hybridized carbons (Fsp3) is 0.474. The van der Waals surface area contributed by atoms with E-state index in [-0.39, 0.29) is 5.82 Å². The Labute approximate surface area is 168 Å². The number of hydrogen-bond donors (Lipinski definition) is 1. The number of hydrogen-bond acceptors (Lipinski definition) is 3.